The van der Waals surface area contributed by atoms with E-state index in [0.717, 1.165) is 27.8 Å². The first-order chi connectivity index (χ1) is 23.4. The maximum Gasteiger partial charge on any atom is 0.344 e. The third-order valence-electron chi connectivity index (χ3n) is 7.64. The summed E-state index contributed by atoms with van der Waals surface area (Å²) < 4.78 is 5.55. The van der Waals surface area contributed by atoms with Crippen LogP contribution in [0.3, 0.4) is 0 Å². The maximum atomic E-state index is 13.1. The second-order valence-electron chi connectivity index (χ2n) is 10.8. The second kappa shape index (κ2) is 14.3. The molecule has 0 aliphatic heterocycles. The van der Waals surface area contributed by atoms with Gasteiger partial charge in [-0.05, 0) is 87.5 Å². The molecular weight excluding hydrogens is 608 g/mol. The minimum atomic E-state index is -1.22. The zero-order chi connectivity index (χ0) is 33.5. The fourth-order valence-corrected chi connectivity index (χ4v) is 5.18. The minimum Gasteiger partial charge on any atom is -0.478 e. The molecule has 236 valence electrons. The normalized spacial score (nSPS) is 10.7. The number of hydrogen-bond donors (Lipinski definition) is 2. The van der Waals surface area contributed by atoms with Crippen molar-refractivity contribution >= 4 is 17.9 Å². The molecule has 0 radical (unpaired) electrons. The summed E-state index contributed by atoms with van der Waals surface area (Å²) in [6, 6.07) is 42.6. The van der Waals surface area contributed by atoms with E-state index in [1.54, 1.807) is 60.7 Å². The molecule has 8 nitrogen and oxygen atoms in total. The number of carbonyl (C=O) groups is 3. The molecule has 0 aromatic heterocycles. The van der Waals surface area contributed by atoms with Gasteiger partial charge in [0.1, 0.15) is 12.4 Å². The van der Waals surface area contributed by atoms with Crippen molar-refractivity contribution in [3.05, 3.63) is 168 Å². The molecule has 0 saturated heterocycles. The van der Waals surface area contributed by atoms with Gasteiger partial charge in [0.25, 0.3) is 0 Å². The number of carboxylic acid groups (broad SMARTS) is 2. The third-order valence-corrected chi connectivity index (χ3v) is 7.64. The predicted molar refractivity (Wildman–Crippen MR) is 180 cm³/mol. The van der Waals surface area contributed by atoms with E-state index in [1.165, 1.54) is 12.1 Å². The summed E-state index contributed by atoms with van der Waals surface area (Å²) in [7, 11) is 0. The largest absolute Gasteiger partial charge is 0.478 e. The summed E-state index contributed by atoms with van der Waals surface area (Å²) >= 11 is 0. The van der Waals surface area contributed by atoms with E-state index in [9.17, 15) is 24.6 Å². The first-order valence-corrected chi connectivity index (χ1v) is 14.9. The first kappa shape index (κ1) is 31.5. The van der Waals surface area contributed by atoms with Gasteiger partial charge in [-0.15, -0.1) is 0 Å². The summed E-state index contributed by atoms with van der Waals surface area (Å²) in [4.78, 5) is 47.6. The highest BCUT2D eigenvalue weighted by atomic mass is 17.2. The van der Waals surface area contributed by atoms with Crippen molar-refractivity contribution in [3.63, 3.8) is 0 Å². The first-order valence-electron chi connectivity index (χ1n) is 14.9. The van der Waals surface area contributed by atoms with Gasteiger partial charge in [0.05, 0.1) is 16.7 Å². The highest BCUT2D eigenvalue weighted by molar-refractivity contribution is 6.04. The Hall–Kier alpha value is -6.51. The second-order valence-corrected chi connectivity index (χ2v) is 10.8. The highest BCUT2D eigenvalue weighted by Gasteiger charge is 2.20. The molecule has 0 fully saturated rings. The van der Waals surface area contributed by atoms with E-state index < -0.39 is 17.9 Å². The number of aromatic carboxylic acids is 2. The molecule has 8 heteroatoms. The topological polar surface area (TPSA) is 119 Å². The molecule has 0 spiro atoms. The van der Waals surface area contributed by atoms with Crippen LogP contribution >= 0.6 is 0 Å². The smallest absolute Gasteiger partial charge is 0.344 e. The van der Waals surface area contributed by atoms with Crippen LogP contribution in [0.25, 0.3) is 33.4 Å². The van der Waals surface area contributed by atoms with Gasteiger partial charge in [-0.2, -0.15) is 4.89 Å². The molecule has 6 aromatic rings. The van der Waals surface area contributed by atoms with Gasteiger partial charge in [-0.1, -0.05) is 97.1 Å². The Bertz CT molecular complexity index is 2070. The van der Waals surface area contributed by atoms with Crippen LogP contribution in [0.5, 0.6) is 11.5 Å². The van der Waals surface area contributed by atoms with Crippen molar-refractivity contribution in [2.75, 3.05) is 0 Å². The molecule has 0 bridgehead atoms. The van der Waals surface area contributed by atoms with E-state index in [-0.39, 0.29) is 29.0 Å². The Labute approximate surface area is 276 Å². The van der Waals surface area contributed by atoms with E-state index in [4.69, 9.17) is 14.5 Å². The fourth-order valence-electron chi connectivity index (χ4n) is 5.18. The molecule has 0 amide bonds. The molecule has 48 heavy (non-hydrogen) atoms. The number of carbonyl (C=O) groups excluding carboxylic acids is 1. The Morgan fingerprint density at radius 3 is 1.46 bits per heavy atom. The number of hydrogen-bond acceptors (Lipinski definition) is 6. The molecule has 0 unspecified atom stereocenters. The monoisotopic (exact) mass is 636 g/mol. The van der Waals surface area contributed by atoms with Crippen molar-refractivity contribution in [2.45, 2.75) is 6.61 Å². The molecular formula is C40H28O8. The van der Waals surface area contributed by atoms with Gasteiger partial charge in [0.2, 0.25) is 0 Å². The highest BCUT2D eigenvalue weighted by Crippen LogP contribution is 2.28. The van der Waals surface area contributed by atoms with Crippen LogP contribution in [0.2, 0.25) is 0 Å². The molecule has 0 atom stereocenters. The van der Waals surface area contributed by atoms with Crippen LogP contribution in [0, 0.1) is 0 Å². The Balaban J connectivity index is 1.09. The van der Waals surface area contributed by atoms with Crippen molar-refractivity contribution in [3.8, 4) is 44.9 Å². The molecule has 0 saturated carbocycles. The molecule has 0 heterocycles. The molecule has 0 aliphatic rings. The van der Waals surface area contributed by atoms with Crippen molar-refractivity contribution in [1.29, 1.82) is 0 Å². The lowest BCUT2D eigenvalue weighted by Gasteiger charge is -2.11. The Morgan fingerprint density at radius 1 is 0.458 bits per heavy atom. The van der Waals surface area contributed by atoms with Crippen LogP contribution in [0.1, 0.15) is 36.6 Å². The number of rotatable bonds is 11. The zero-order valence-electron chi connectivity index (χ0n) is 25.4. The SMILES string of the molecule is O=C(O)c1ccc(-c2ccccc2)cc1COOc1ccc(-c2ccc(OC(=O)c3cc(-c4ccccc4)ccc3C(=O)O)cc2)cc1. The minimum absolute atomic E-state index is 0.0474. The molecule has 6 rings (SSSR count). The third kappa shape index (κ3) is 7.31. The standard InChI is InChI=1S/C40H28O8/c41-38(42)35-21-15-30(26-7-3-1-4-8-26)23-32(35)25-46-48-34-19-13-29(14-20-34)28-11-17-33(18-12-28)47-40(45)37-24-31(16-22-36(37)39(43)44)27-9-5-2-6-10-27/h1-24H,25H2,(H,41,42)(H,43,44). The van der Waals surface area contributed by atoms with Crippen LogP contribution < -0.4 is 9.62 Å². The van der Waals surface area contributed by atoms with E-state index in [0.29, 0.717) is 16.9 Å². The van der Waals surface area contributed by atoms with Gasteiger partial charge in [0, 0.05) is 0 Å². The quantitative estimate of drug-likeness (QED) is 0.0627. The van der Waals surface area contributed by atoms with Gasteiger partial charge in [-0.25, -0.2) is 14.4 Å². The number of ether oxygens (including phenoxy) is 1. The average molecular weight is 637 g/mol. The summed E-state index contributed by atoms with van der Waals surface area (Å²) in [5.41, 5.74) is 5.47. The lowest BCUT2D eigenvalue weighted by molar-refractivity contribution is -0.217. The molecule has 6 aromatic carbocycles. The Morgan fingerprint density at radius 2 is 0.917 bits per heavy atom. The van der Waals surface area contributed by atoms with Gasteiger partial charge >= 0.3 is 17.9 Å². The Kier molecular flexibility index (Phi) is 9.36. The maximum absolute atomic E-state index is 13.1. The number of esters is 1. The summed E-state index contributed by atoms with van der Waals surface area (Å²) in [5.74, 6) is -2.37. The lowest BCUT2D eigenvalue weighted by atomic mass is 9.99. The van der Waals surface area contributed by atoms with Gasteiger partial charge < -0.3 is 19.8 Å². The average Bonchev–Trinajstić information content (AvgIpc) is 3.12. The summed E-state index contributed by atoms with van der Waals surface area (Å²) in [6.45, 7) is -0.0747. The van der Waals surface area contributed by atoms with E-state index in [1.807, 2.05) is 72.8 Å². The lowest BCUT2D eigenvalue weighted by Crippen LogP contribution is -2.14. The van der Waals surface area contributed by atoms with Crippen LogP contribution in [-0.4, -0.2) is 28.1 Å². The number of carboxylic acids is 2. The summed E-state index contributed by atoms with van der Waals surface area (Å²) in [6.07, 6.45) is 0. The summed E-state index contributed by atoms with van der Waals surface area (Å²) in [5, 5.41) is 19.3. The molecule has 2 N–H and O–H groups in total. The van der Waals surface area contributed by atoms with Gasteiger partial charge in [0.15, 0.2) is 5.75 Å². The fraction of sp³-hybridized carbons (Fsp3) is 0.0250. The van der Waals surface area contributed by atoms with E-state index in [2.05, 4.69) is 0 Å². The van der Waals surface area contributed by atoms with Gasteiger partial charge in [-0.3, -0.25) is 0 Å². The van der Waals surface area contributed by atoms with Crippen molar-refractivity contribution in [2.24, 2.45) is 0 Å². The number of benzene rings is 6. The predicted octanol–water partition coefficient (Wildman–Crippen LogP) is 8.81. The van der Waals surface area contributed by atoms with Crippen molar-refractivity contribution in [1.82, 2.24) is 0 Å². The van der Waals surface area contributed by atoms with E-state index >= 15 is 0 Å². The zero-order valence-corrected chi connectivity index (χ0v) is 25.4. The van der Waals surface area contributed by atoms with Crippen molar-refractivity contribution < 1.29 is 39.1 Å². The van der Waals surface area contributed by atoms with Crippen LogP contribution in [0.4, 0.5) is 0 Å². The van der Waals surface area contributed by atoms with Crippen LogP contribution in [-0.2, 0) is 11.5 Å². The van der Waals surface area contributed by atoms with Crippen LogP contribution in [0.15, 0.2) is 146 Å². The molecule has 0 aliphatic carbocycles.